The van der Waals surface area contributed by atoms with Gasteiger partial charge in [0, 0.05) is 33.2 Å². The minimum atomic E-state index is -3.35. The fraction of sp³-hybridized carbons (Fsp3) is 1.00. The second-order valence-electron chi connectivity index (χ2n) is 4.13. The molecular weight excluding hydrogens is 242 g/mol. The van der Waals surface area contributed by atoms with Gasteiger partial charge in [-0.05, 0) is 13.3 Å². The first-order valence-electron chi connectivity index (χ1n) is 6.00. The van der Waals surface area contributed by atoms with Gasteiger partial charge in [-0.15, -0.1) is 0 Å². The Morgan fingerprint density at radius 3 is 2.53 bits per heavy atom. The molecule has 0 aromatic carbocycles. The molecule has 0 aromatic rings. The summed E-state index contributed by atoms with van der Waals surface area (Å²) in [5.74, 6) is 0. The summed E-state index contributed by atoms with van der Waals surface area (Å²) >= 11 is 0. The zero-order chi connectivity index (χ0) is 13.3. The van der Waals surface area contributed by atoms with E-state index in [0.717, 1.165) is 12.8 Å². The predicted octanol–water partition coefficient (Wildman–Crippen LogP) is -0.477. The highest BCUT2D eigenvalue weighted by Gasteiger charge is 2.15. The van der Waals surface area contributed by atoms with Crippen molar-refractivity contribution in [2.75, 3.05) is 33.2 Å². The first kappa shape index (κ1) is 16.8. The molecule has 0 saturated heterocycles. The molecule has 0 bridgehead atoms. The summed E-state index contributed by atoms with van der Waals surface area (Å²) in [6.45, 7) is 5.53. The third kappa shape index (κ3) is 8.50. The Bertz CT molecular complexity index is 281. The number of unbranched alkanes of at least 4 members (excludes halogenated alkanes) is 1. The van der Waals surface area contributed by atoms with Crippen LogP contribution in [-0.4, -0.2) is 57.2 Å². The van der Waals surface area contributed by atoms with E-state index < -0.39 is 16.3 Å². The van der Waals surface area contributed by atoms with Gasteiger partial charge in [-0.3, -0.25) is 0 Å². The van der Waals surface area contributed by atoms with E-state index in [0.29, 0.717) is 26.2 Å². The molecule has 0 fully saturated rings. The average molecular weight is 267 g/mol. The molecule has 0 spiro atoms. The highest BCUT2D eigenvalue weighted by Crippen LogP contribution is 1.97. The SMILES string of the molecule is CCCCN(C)S(=O)(=O)NCCNCC(C)O. The summed E-state index contributed by atoms with van der Waals surface area (Å²) in [7, 11) is -1.78. The lowest BCUT2D eigenvalue weighted by Crippen LogP contribution is -2.42. The average Bonchev–Trinajstić information content (AvgIpc) is 2.24. The molecule has 0 radical (unpaired) electrons. The first-order chi connectivity index (χ1) is 7.90. The summed E-state index contributed by atoms with van der Waals surface area (Å²) in [6, 6.07) is 0. The summed E-state index contributed by atoms with van der Waals surface area (Å²) in [4.78, 5) is 0. The molecule has 0 amide bonds. The van der Waals surface area contributed by atoms with Gasteiger partial charge in [0.25, 0.3) is 10.2 Å². The van der Waals surface area contributed by atoms with Crippen LogP contribution in [0, 0.1) is 0 Å². The highest BCUT2D eigenvalue weighted by molar-refractivity contribution is 7.87. The molecule has 0 aliphatic heterocycles. The van der Waals surface area contributed by atoms with Crippen molar-refractivity contribution in [2.45, 2.75) is 32.8 Å². The van der Waals surface area contributed by atoms with Crippen molar-refractivity contribution in [1.82, 2.24) is 14.3 Å². The Balaban J connectivity index is 3.77. The molecule has 0 aromatic heterocycles. The third-order valence-electron chi connectivity index (χ3n) is 2.26. The molecule has 0 aliphatic rings. The van der Waals surface area contributed by atoms with Gasteiger partial charge in [-0.1, -0.05) is 13.3 Å². The number of nitrogens with one attached hydrogen (secondary N) is 2. The maximum absolute atomic E-state index is 11.7. The lowest BCUT2D eigenvalue weighted by Gasteiger charge is -2.17. The molecule has 0 saturated carbocycles. The second kappa shape index (κ2) is 8.82. The van der Waals surface area contributed by atoms with E-state index >= 15 is 0 Å². The smallest absolute Gasteiger partial charge is 0.279 e. The van der Waals surface area contributed by atoms with Crippen LogP contribution >= 0.6 is 0 Å². The number of aliphatic hydroxyl groups is 1. The summed E-state index contributed by atoms with van der Waals surface area (Å²) in [5, 5.41) is 11.9. The van der Waals surface area contributed by atoms with Crippen LogP contribution in [0.4, 0.5) is 0 Å². The Morgan fingerprint density at radius 2 is 2.00 bits per heavy atom. The molecule has 104 valence electrons. The van der Waals surface area contributed by atoms with E-state index in [-0.39, 0.29) is 0 Å². The summed E-state index contributed by atoms with van der Waals surface area (Å²) < 4.78 is 27.2. The van der Waals surface area contributed by atoms with Gasteiger partial charge in [-0.2, -0.15) is 12.7 Å². The van der Waals surface area contributed by atoms with Crippen molar-refractivity contribution >= 4 is 10.2 Å². The van der Waals surface area contributed by atoms with E-state index in [1.54, 1.807) is 14.0 Å². The number of nitrogens with zero attached hydrogens (tertiary/aromatic N) is 1. The molecule has 3 N–H and O–H groups in total. The Hall–Kier alpha value is -0.210. The normalized spacial score (nSPS) is 14.2. The van der Waals surface area contributed by atoms with Gasteiger partial charge in [0.05, 0.1) is 6.10 Å². The monoisotopic (exact) mass is 267 g/mol. The van der Waals surface area contributed by atoms with Gasteiger partial charge in [0.2, 0.25) is 0 Å². The Labute approximate surface area is 105 Å². The van der Waals surface area contributed by atoms with Crippen molar-refractivity contribution in [3.05, 3.63) is 0 Å². The molecule has 17 heavy (non-hydrogen) atoms. The van der Waals surface area contributed by atoms with Crippen molar-refractivity contribution < 1.29 is 13.5 Å². The van der Waals surface area contributed by atoms with E-state index in [4.69, 9.17) is 5.11 Å². The maximum atomic E-state index is 11.7. The van der Waals surface area contributed by atoms with Crippen LogP contribution in [-0.2, 0) is 10.2 Å². The molecule has 7 heteroatoms. The minimum absolute atomic E-state index is 0.325. The van der Waals surface area contributed by atoms with Crippen LogP contribution in [0.5, 0.6) is 0 Å². The quantitative estimate of drug-likeness (QED) is 0.467. The highest BCUT2D eigenvalue weighted by atomic mass is 32.2. The van der Waals surface area contributed by atoms with Gasteiger partial charge < -0.3 is 10.4 Å². The molecule has 0 aliphatic carbocycles. The zero-order valence-corrected chi connectivity index (χ0v) is 11.8. The number of hydrogen-bond donors (Lipinski definition) is 3. The molecule has 0 rings (SSSR count). The van der Waals surface area contributed by atoms with Crippen LogP contribution in [0.1, 0.15) is 26.7 Å². The van der Waals surface area contributed by atoms with Gasteiger partial charge in [0.1, 0.15) is 0 Å². The Kier molecular flexibility index (Phi) is 8.71. The standard InChI is InChI=1S/C10H25N3O3S/c1-4-5-8-13(3)17(15,16)12-7-6-11-9-10(2)14/h10-12,14H,4-9H2,1-3H3. The van der Waals surface area contributed by atoms with E-state index in [9.17, 15) is 8.42 Å². The fourth-order valence-electron chi connectivity index (χ4n) is 1.19. The van der Waals surface area contributed by atoms with Crippen LogP contribution in [0.3, 0.4) is 0 Å². The topological polar surface area (TPSA) is 81.7 Å². The number of aliphatic hydroxyl groups excluding tert-OH is 1. The van der Waals surface area contributed by atoms with E-state index in [2.05, 4.69) is 10.0 Å². The van der Waals surface area contributed by atoms with Crippen molar-refractivity contribution in [3.63, 3.8) is 0 Å². The van der Waals surface area contributed by atoms with Crippen molar-refractivity contribution in [1.29, 1.82) is 0 Å². The van der Waals surface area contributed by atoms with Crippen LogP contribution in [0.25, 0.3) is 0 Å². The van der Waals surface area contributed by atoms with E-state index in [1.807, 2.05) is 6.92 Å². The van der Waals surface area contributed by atoms with Crippen molar-refractivity contribution in [3.8, 4) is 0 Å². The van der Waals surface area contributed by atoms with Gasteiger partial charge in [-0.25, -0.2) is 4.72 Å². The second-order valence-corrected chi connectivity index (χ2v) is 5.99. The molecule has 1 unspecified atom stereocenters. The molecule has 0 heterocycles. The van der Waals surface area contributed by atoms with E-state index in [1.165, 1.54) is 4.31 Å². The zero-order valence-electron chi connectivity index (χ0n) is 10.9. The van der Waals surface area contributed by atoms with Gasteiger partial charge >= 0.3 is 0 Å². The molecular formula is C10H25N3O3S. The summed E-state index contributed by atoms with van der Waals surface area (Å²) in [6.07, 6.45) is 1.41. The Morgan fingerprint density at radius 1 is 1.35 bits per heavy atom. The van der Waals surface area contributed by atoms with Crippen LogP contribution < -0.4 is 10.0 Å². The number of rotatable bonds is 10. The van der Waals surface area contributed by atoms with Crippen molar-refractivity contribution in [2.24, 2.45) is 0 Å². The lowest BCUT2D eigenvalue weighted by molar-refractivity contribution is 0.192. The fourth-order valence-corrected chi connectivity index (χ4v) is 2.14. The third-order valence-corrected chi connectivity index (χ3v) is 3.84. The van der Waals surface area contributed by atoms with Crippen LogP contribution in [0.2, 0.25) is 0 Å². The van der Waals surface area contributed by atoms with Crippen LogP contribution in [0.15, 0.2) is 0 Å². The number of hydrogen-bond acceptors (Lipinski definition) is 4. The maximum Gasteiger partial charge on any atom is 0.279 e. The lowest BCUT2D eigenvalue weighted by atomic mass is 10.3. The minimum Gasteiger partial charge on any atom is -0.392 e. The largest absolute Gasteiger partial charge is 0.392 e. The van der Waals surface area contributed by atoms with Gasteiger partial charge in [0.15, 0.2) is 0 Å². The first-order valence-corrected chi connectivity index (χ1v) is 7.44. The predicted molar refractivity (Wildman–Crippen MR) is 69.0 cm³/mol. The summed E-state index contributed by atoms with van der Waals surface area (Å²) in [5.41, 5.74) is 0. The molecule has 6 nitrogen and oxygen atoms in total. The molecule has 1 atom stereocenters.